The van der Waals surface area contributed by atoms with Crippen molar-refractivity contribution in [1.82, 2.24) is 15.4 Å². The Kier molecular flexibility index (Phi) is 11.3. The van der Waals surface area contributed by atoms with E-state index in [1.807, 2.05) is 0 Å². The fourth-order valence-corrected chi connectivity index (χ4v) is 2.79. The fourth-order valence-electron chi connectivity index (χ4n) is 2.31. The maximum Gasteiger partial charge on any atom is 0.208 e. The van der Waals surface area contributed by atoms with E-state index in [0.717, 1.165) is 12.7 Å². The number of hydrogen-bond acceptors (Lipinski definition) is 3. The van der Waals surface area contributed by atoms with Crippen LogP contribution in [0.2, 0.25) is 0 Å². The Labute approximate surface area is 169 Å². The van der Waals surface area contributed by atoms with Gasteiger partial charge in [0.25, 0.3) is 0 Å². The third-order valence-corrected chi connectivity index (χ3v) is 4.21. The maximum absolute atomic E-state index is 11.0. The summed E-state index contributed by atoms with van der Waals surface area (Å²) in [6, 6.07) is 8.70. The molecule has 8 heteroatoms. The lowest BCUT2D eigenvalue weighted by Crippen LogP contribution is -2.42. The topological polar surface area (TPSA) is 82.6 Å². The molecular weight excluding hydrogens is 451 g/mol. The summed E-state index contributed by atoms with van der Waals surface area (Å²) in [5.74, 6) is 1.29. The molecular formula is C17H31IN4O2S. The van der Waals surface area contributed by atoms with Gasteiger partial charge in [-0.2, -0.15) is 0 Å². The Morgan fingerprint density at radius 3 is 2.20 bits per heavy atom. The zero-order valence-electron chi connectivity index (χ0n) is 15.7. The molecule has 1 aromatic rings. The van der Waals surface area contributed by atoms with Crippen molar-refractivity contribution in [2.75, 3.05) is 26.4 Å². The van der Waals surface area contributed by atoms with Gasteiger partial charge in [-0.3, -0.25) is 4.99 Å². The van der Waals surface area contributed by atoms with Gasteiger partial charge in [0.05, 0.1) is 12.3 Å². The SMILES string of the molecule is CN=C(NCCNS(C)(=O)=O)NC(C)c1ccc(CC(C)C)cc1.I. The fraction of sp³-hybridized carbons (Fsp3) is 0.588. The summed E-state index contributed by atoms with van der Waals surface area (Å²) in [5, 5.41) is 6.39. The van der Waals surface area contributed by atoms with Crippen molar-refractivity contribution in [1.29, 1.82) is 0 Å². The molecule has 3 N–H and O–H groups in total. The number of halogens is 1. The molecule has 0 heterocycles. The first-order chi connectivity index (χ1) is 11.2. The number of nitrogens with zero attached hydrogens (tertiary/aromatic N) is 1. The maximum atomic E-state index is 11.0. The molecule has 1 aromatic carbocycles. The average Bonchev–Trinajstić information content (AvgIpc) is 2.49. The lowest BCUT2D eigenvalue weighted by atomic mass is 10.00. The molecule has 0 amide bonds. The molecule has 0 radical (unpaired) electrons. The van der Waals surface area contributed by atoms with E-state index in [9.17, 15) is 8.42 Å². The molecule has 0 aromatic heterocycles. The molecule has 6 nitrogen and oxygen atoms in total. The van der Waals surface area contributed by atoms with E-state index in [1.165, 1.54) is 11.1 Å². The van der Waals surface area contributed by atoms with Gasteiger partial charge >= 0.3 is 0 Å². The molecule has 0 bridgehead atoms. The minimum Gasteiger partial charge on any atom is -0.355 e. The predicted octanol–water partition coefficient (Wildman–Crippen LogP) is 2.28. The van der Waals surface area contributed by atoms with Crippen molar-refractivity contribution in [2.45, 2.75) is 33.2 Å². The van der Waals surface area contributed by atoms with Crippen molar-refractivity contribution in [3.8, 4) is 0 Å². The van der Waals surface area contributed by atoms with Gasteiger partial charge in [0.1, 0.15) is 0 Å². The van der Waals surface area contributed by atoms with Crippen LogP contribution in [0.25, 0.3) is 0 Å². The van der Waals surface area contributed by atoms with Crippen LogP contribution in [0.4, 0.5) is 0 Å². The first-order valence-electron chi connectivity index (χ1n) is 8.22. The molecule has 25 heavy (non-hydrogen) atoms. The molecule has 0 fully saturated rings. The van der Waals surface area contributed by atoms with Crippen molar-refractivity contribution in [2.24, 2.45) is 10.9 Å². The van der Waals surface area contributed by atoms with Crippen LogP contribution in [-0.4, -0.2) is 40.8 Å². The van der Waals surface area contributed by atoms with Crippen molar-refractivity contribution >= 4 is 40.0 Å². The zero-order valence-corrected chi connectivity index (χ0v) is 18.8. The summed E-state index contributed by atoms with van der Waals surface area (Å²) in [6.07, 6.45) is 2.23. The van der Waals surface area contributed by atoms with Gasteiger partial charge in [-0.25, -0.2) is 13.1 Å². The van der Waals surface area contributed by atoms with Crippen LogP contribution in [0.3, 0.4) is 0 Å². The number of benzene rings is 1. The van der Waals surface area contributed by atoms with Gasteiger partial charge in [-0.15, -0.1) is 24.0 Å². The van der Waals surface area contributed by atoms with Crippen LogP contribution in [0.5, 0.6) is 0 Å². The third-order valence-electron chi connectivity index (χ3n) is 3.48. The van der Waals surface area contributed by atoms with Crippen LogP contribution < -0.4 is 15.4 Å². The normalized spacial score (nSPS) is 13.3. The number of guanidine groups is 1. The van der Waals surface area contributed by atoms with Gasteiger partial charge in [-0.1, -0.05) is 38.1 Å². The molecule has 0 aliphatic carbocycles. The molecule has 0 aliphatic rings. The molecule has 144 valence electrons. The van der Waals surface area contributed by atoms with E-state index >= 15 is 0 Å². The second kappa shape index (κ2) is 11.7. The van der Waals surface area contributed by atoms with E-state index in [-0.39, 0.29) is 30.0 Å². The van der Waals surface area contributed by atoms with Gasteiger partial charge in [0.2, 0.25) is 10.0 Å². The third kappa shape index (κ3) is 10.7. The second-order valence-corrected chi connectivity index (χ2v) is 8.20. The zero-order chi connectivity index (χ0) is 18.2. The quantitative estimate of drug-likeness (QED) is 0.230. The number of sulfonamides is 1. The van der Waals surface area contributed by atoms with Crippen LogP contribution in [-0.2, 0) is 16.4 Å². The van der Waals surface area contributed by atoms with E-state index in [4.69, 9.17) is 0 Å². The van der Waals surface area contributed by atoms with Gasteiger partial charge < -0.3 is 10.6 Å². The Balaban J connectivity index is 0.00000576. The summed E-state index contributed by atoms with van der Waals surface area (Å²) in [5.41, 5.74) is 2.52. The number of rotatable bonds is 8. The van der Waals surface area contributed by atoms with Crippen LogP contribution in [0, 0.1) is 5.92 Å². The van der Waals surface area contributed by atoms with E-state index < -0.39 is 10.0 Å². The summed E-state index contributed by atoms with van der Waals surface area (Å²) >= 11 is 0. The lowest BCUT2D eigenvalue weighted by molar-refractivity contribution is 0.586. The highest BCUT2D eigenvalue weighted by Crippen LogP contribution is 2.15. The molecule has 1 rings (SSSR count). The average molecular weight is 482 g/mol. The molecule has 0 spiro atoms. The minimum atomic E-state index is -3.16. The first kappa shape index (κ1) is 24.1. The van der Waals surface area contributed by atoms with Crippen molar-refractivity contribution < 1.29 is 8.42 Å². The summed E-state index contributed by atoms with van der Waals surface area (Å²) in [4.78, 5) is 4.16. The van der Waals surface area contributed by atoms with E-state index in [2.05, 4.69) is 65.4 Å². The summed E-state index contributed by atoms with van der Waals surface area (Å²) in [6.45, 7) is 7.28. The first-order valence-corrected chi connectivity index (χ1v) is 10.1. The second-order valence-electron chi connectivity index (χ2n) is 6.37. The van der Waals surface area contributed by atoms with Crippen LogP contribution in [0.15, 0.2) is 29.3 Å². The molecule has 0 saturated carbocycles. The van der Waals surface area contributed by atoms with Gasteiger partial charge in [-0.05, 0) is 30.4 Å². The number of hydrogen-bond donors (Lipinski definition) is 3. The standard InChI is InChI=1S/C17H30N4O2S.HI/c1-13(2)12-15-6-8-16(9-7-15)14(3)21-17(18-4)19-10-11-20-24(5,22)23;/h6-9,13-14,20H,10-12H2,1-5H3,(H2,18,19,21);1H. The number of aliphatic imine (C=N–C) groups is 1. The minimum absolute atomic E-state index is 0. The lowest BCUT2D eigenvalue weighted by Gasteiger charge is -2.19. The highest BCUT2D eigenvalue weighted by atomic mass is 127. The van der Waals surface area contributed by atoms with Crippen molar-refractivity contribution in [3.05, 3.63) is 35.4 Å². The highest BCUT2D eigenvalue weighted by molar-refractivity contribution is 14.0. The molecule has 0 saturated heterocycles. The summed E-state index contributed by atoms with van der Waals surface area (Å²) in [7, 11) is -1.47. The van der Waals surface area contributed by atoms with Crippen LogP contribution >= 0.6 is 24.0 Å². The molecule has 1 unspecified atom stereocenters. The summed E-state index contributed by atoms with van der Waals surface area (Å²) < 4.78 is 24.5. The monoisotopic (exact) mass is 482 g/mol. The Hall–Kier alpha value is -0.870. The largest absolute Gasteiger partial charge is 0.355 e. The Morgan fingerprint density at radius 1 is 1.12 bits per heavy atom. The molecule has 1 atom stereocenters. The highest BCUT2D eigenvalue weighted by Gasteiger charge is 2.08. The van der Waals surface area contributed by atoms with Crippen molar-refractivity contribution in [3.63, 3.8) is 0 Å². The van der Waals surface area contributed by atoms with E-state index in [1.54, 1.807) is 7.05 Å². The van der Waals surface area contributed by atoms with Crippen LogP contribution in [0.1, 0.15) is 37.9 Å². The Morgan fingerprint density at radius 2 is 1.72 bits per heavy atom. The molecule has 0 aliphatic heterocycles. The van der Waals surface area contributed by atoms with Gasteiger partial charge in [0.15, 0.2) is 5.96 Å². The Bertz CT molecular complexity index is 631. The number of nitrogens with one attached hydrogen (secondary N) is 3. The van der Waals surface area contributed by atoms with Gasteiger partial charge in [0, 0.05) is 20.1 Å². The predicted molar refractivity (Wildman–Crippen MR) is 116 cm³/mol. The smallest absolute Gasteiger partial charge is 0.208 e. The van der Waals surface area contributed by atoms with E-state index in [0.29, 0.717) is 25.0 Å².